The second kappa shape index (κ2) is 12.5. The molecule has 4 aromatic rings. The van der Waals surface area contributed by atoms with Gasteiger partial charge in [-0.2, -0.15) is 0 Å². The maximum atomic E-state index is 14.3. The summed E-state index contributed by atoms with van der Waals surface area (Å²) in [6.07, 6.45) is 2.54. The van der Waals surface area contributed by atoms with Crippen LogP contribution in [-0.2, 0) is 13.0 Å². The van der Waals surface area contributed by atoms with E-state index in [1.54, 1.807) is 4.68 Å². The fourth-order valence-corrected chi connectivity index (χ4v) is 5.31. The summed E-state index contributed by atoms with van der Waals surface area (Å²) in [6, 6.07) is 15.6. The molecule has 1 fully saturated rings. The van der Waals surface area contributed by atoms with E-state index >= 15 is 0 Å². The van der Waals surface area contributed by atoms with Crippen LogP contribution in [0.4, 0.5) is 21.5 Å². The van der Waals surface area contributed by atoms with Gasteiger partial charge in [0.25, 0.3) is 5.91 Å². The maximum Gasteiger partial charge on any atom is 0.257 e. The number of carbonyl (C=O) groups excluding carboxylic acids is 1. The van der Waals surface area contributed by atoms with E-state index in [1.807, 2.05) is 24.4 Å². The van der Waals surface area contributed by atoms with Crippen LogP contribution in [0.2, 0.25) is 5.02 Å². The van der Waals surface area contributed by atoms with E-state index in [2.05, 4.69) is 75.7 Å². The fraction of sp³-hybridized carbons (Fsp3) is 0.323. The summed E-state index contributed by atoms with van der Waals surface area (Å²) in [4.78, 5) is 20.1. The largest absolute Gasteiger partial charge is 0.396 e. The van der Waals surface area contributed by atoms with Crippen molar-refractivity contribution in [3.8, 4) is 5.69 Å². The Bertz CT molecular complexity index is 1580. The molecule has 1 amide bonds. The fourth-order valence-electron chi connectivity index (χ4n) is 5.08. The van der Waals surface area contributed by atoms with Crippen molar-refractivity contribution in [1.29, 1.82) is 0 Å². The Kier molecular flexibility index (Phi) is 8.77. The van der Waals surface area contributed by atoms with Crippen LogP contribution in [0.5, 0.6) is 0 Å². The van der Waals surface area contributed by atoms with Crippen LogP contribution in [-0.4, -0.2) is 78.0 Å². The monoisotopic (exact) mass is 590 g/mol. The number of benzene rings is 3. The molecule has 1 saturated heterocycles. The number of nitrogens with two attached hydrogens (primary N) is 1. The van der Waals surface area contributed by atoms with Crippen molar-refractivity contribution >= 4 is 34.6 Å². The Morgan fingerprint density at radius 1 is 1.07 bits per heavy atom. The third-order valence-corrected chi connectivity index (χ3v) is 7.96. The van der Waals surface area contributed by atoms with E-state index in [1.165, 1.54) is 18.6 Å². The van der Waals surface area contributed by atoms with Crippen LogP contribution in [0.25, 0.3) is 5.69 Å². The van der Waals surface area contributed by atoms with Crippen molar-refractivity contribution in [3.05, 3.63) is 93.5 Å². The molecule has 0 aliphatic carbocycles. The van der Waals surface area contributed by atoms with Crippen LogP contribution in [0.3, 0.4) is 0 Å². The summed E-state index contributed by atoms with van der Waals surface area (Å²) in [5.41, 5.74) is 11.4. The highest BCUT2D eigenvalue weighted by atomic mass is 35.5. The maximum absolute atomic E-state index is 14.3. The zero-order valence-electron chi connectivity index (χ0n) is 24.4. The lowest BCUT2D eigenvalue weighted by molar-refractivity contribution is 0.102. The van der Waals surface area contributed by atoms with Gasteiger partial charge in [-0.3, -0.25) is 4.79 Å². The van der Waals surface area contributed by atoms with Crippen LogP contribution in [0.15, 0.2) is 54.7 Å². The number of nitrogens with zero attached hydrogens (tertiary/aromatic N) is 6. The van der Waals surface area contributed by atoms with Gasteiger partial charge in [0.15, 0.2) is 5.82 Å². The number of aromatic nitrogens is 3. The number of piperazine rings is 1. The molecule has 220 valence electrons. The first-order chi connectivity index (χ1) is 20.1. The molecule has 5 rings (SSSR count). The second-order valence-electron chi connectivity index (χ2n) is 11.1. The lowest BCUT2D eigenvalue weighted by Gasteiger charge is -2.35. The molecule has 0 atom stereocenters. The molecule has 3 aromatic carbocycles. The van der Waals surface area contributed by atoms with Crippen LogP contribution >= 0.6 is 11.6 Å². The molecule has 1 aromatic heterocycles. The molecule has 0 saturated carbocycles. The van der Waals surface area contributed by atoms with Crippen molar-refractivity contribution in [3.63, 3.8) is 0 Å². The standard InChI is InChI=1S/C31H36ClFN8O/c1-20-29(32)25(17-26(34)30(20)33)31(42)35-27-16-24(9-10-28(27)40-13-11-39(4)12-14-40)41-19-23(36-37-41)15-21-5-7-22(8-6-21)18-38(2)3/h5-10,16-17,19H,11-15,18,34H2,1-4H3,(H,35,42). The number of anilines is 3. The molecule has 2 heterocycles. The lowest BCUT2D eigenvalue weighted by Crippen LogP contribution is -2.44. The number of likely N-dealkylation sites (N-methyl/N-ethyl adjacent to an activating group) is 1. The molecule has 3 N–H and O–H groups in total. The van der Waals surface area contributed by atoms with E-state index < -0.39 is 11.7 Å². The van der Waals surface area contributed by atoms with Gasteiger partial charge in [0.1, 0.15) is 0 Å². The van der Waals surface area contributed by atoms with Gasteiger partial charge < -0.3 is 25.8 Å². The number of amides is 1. The predicted octanol–water partition coefficient (Wildman–Crippen LogP) is 4.61. The van der Waals surface area contributed by atoms with Crippen LogP contribution < -0.4 is 16.0 Å². The minimum absolute atomic E-state index is 0.0344. The van der Waals surface area contributed by atoms with Gasteiger partial charge in [-0.25, -0.2) is 9.07 Å². The van der Waals surface area contributed by atoms with Gasteiger partial charge in [0.05, 0.1) is 45.2 Å². The van der Waals surface area contributed by atoms with Gasteiger partial charge in [0.2, 0.25) is 0 Å². The highest BCUT2D eigenvalue weighted by Crippen LogP contribution is 2.32. The molecule has 0 radical (unpaired) electrons. The first-order valence-corrected chi connectivity index (χ1v) is 14.2. The zero-order valence-corrected chi connectivity index (χ0v) is 25.1. The average molecular weight is 591 g/mol. The summed E-state index contributed by atoms with van der Waals surface area (Å²) < 4.78 is 16.0. The quantitative estimate of drug-likeness (QED) is 0.289. The number of hydrogen-bond acceptors (Lipinski definition) is 7. The SMILES string of the molecule is Cc1c(F)c(N)cc(C(=O)Nc2cc(-n3cc(Cc4ccc(CN(C)C)cc4)nn3)ccc2N2CCN(C)CC2)c1Cl. The topological polar surface area (TPSA) is 95.5 Å². The molecule has 0 unspecified atom stereocenters. The van der Waals surface area contributed by atoms with Crippen molar-refractivity contribution in [1.82, 2.24) is 24.8 Å². The Hall–Kier alpha value is -3.99. The van der Waals surface area contributed by atoms with E-state index in [9.17, 15) is 9.18 Å². The smallest absolute Gasteiger partial charge is 0.257 e. The molecular weight excluding hydrogens is 555 g/mol. The van der Waals surface area contributed by atoms with Gasteiger partial charge in [0, 0.05) is 44.7 Å². The summed E-state index contributed by atoms with van der Waals surface area (Å²) in [5, 5.41) is 11.8. The minimum Gasteiger partial charge on any atom is -0.396 e. The lowest BCUT2D eigenvalue weighted by atomic mass is 10.1. The van der Waals surface area contributed by atoms with Crippen molar-refractivity contribution in [2.24, 2.45) is 0 Å². The average Bonchev–Trinajstić information content (AvgIpc) is 3.43. The Labute approximate surface area is 250 Å². The summed E-state index contributed by atoms with van der Waals surface area (Å²) >= 11 is 6.37. The third-order valence-electron chi connectivity index (χ3n) is 7.48. The number of hydrogen-bond donors (Lipinski definition) is 2. The molecule has 11 heteroatoms. The van der Waals surface area contributed by atoms with Gasteiger partial charge in [-0.05, 0) is 63.5 Å². The number of rotatable bonds is 8. The van der Waals surface area contributed by atoms with Crippen molar-refractivity contribution in [2.45, 2.75) is 19.9 Å². The highest BCUT2D eigenvalue weighted by Gasteiger charge is 2.22. The number of carbonyl (C=O) groups is 1. The zero-order chi connectivity index (χ0) is 30.0. The summed E-state index contributed by atoms with van der Waals surface area (Å²) in [5.74, 6) is -1.09. The minimum atomic E-state index is -0.622. The van der Waals surface area contributed by atoms with Gasteiger partial charge in [-0.15, -0.1) is 5.10 Å². The van der Waals surface area contributed by atoms with Crippen LogP contribution in [0.1, 0.15) is 32.7 Å². The normalized spacial score (nSPS) is 14.0. The predicted molar refractivity (Wildman–Crippen MR) is 166 cm³/mol. The second-order valence-corrected chi connectivity index (χ2v) is 11.5. The molecule has 1 aliphatic heterocycles. The van der Waals surface area contributed by atoms with Gasteiger partial charge >= 0.3 is 0 Å². The Balaban J connectivity index is 1.42. The van der Waals surface area contributed by atoms with E-state index in [-0.39, 0.29) is 21.8 Å². The van der Waals surface area contributed by atoms with E-state index in [0.717, 1.165) is 55.4 Å². The van der Waals surface area contributed by atoms with Crippen molar-refractivity contribution in [2.75, 3.05) is 63.3 Å². The van der Waals surface area contributed by atoms with Crippen LogP contribution in [0, 0.1) is 12.7 Å². The number of nitrogen functional groups attached to an aromatic ring is 1. The number of nitrogens with one attached hydrogen (secondary N) is 1. The Morgan fingerprint density at radius 3 is 2.45 bits per heavy atom. The number of halogens is 2. The van der Waals surface area contributed by atoms with E-state index in [0.29, 0.717) is 12.1 Å². The summed E-state index contributed by atoms with van der Waals surface area (Å²) in [7, 11) is 6.19. The molecule has 0 bridgehead atoms. The molecule has 0 spiro atoms. The summed E-state index contributed by atoms with van der Waals surface area (Å²) in [6.45, 7) is 5.81. The third kappa shape index (κ3) is 6.56. The first-order valence-electron chi connectivity index (χ1n) is 13.9. The van der Waals surface area contributed by atoms with E-state index in [4.69, 9.17) is 17.3 Å². The molecule has 1 aliphatic rings. The molecule has 9 nitrogen and oxygen atoms in total. The molecule has 42 heavy (non-hydrogen) atoms. The molecular formula is C31H36ClFN8O. The Morgan fingerprint density at radius 2 is 1.76 bits per heavy atom. The first kappa shape index (κ1) is 29.5. The highest BCUT2D eigenvalue weighted by molar-refractivity contribution is 6.35. The van der Waals surface area contributed by atoms with Crippen molar-refractivity contribution < 1.29 is 9.18 Å². The van der Waals surface area contributed by atoms with Gasteiger partial charge in [-0.1, -0.05) is 41.1 Å².